The number of nitrogens with zero attached hydrogens (tertiary/aromatic N) is 1. The third-order valence-corrected chi connectivity index (χ3v) is 9.47. The lowest BCUT2D eigenvalue weighted by Gasteiger charge is -2.10. The Morgan fingerprint density at radius 2 is 1.91 bits per heavy atom. The molecular weight excluding hydrogens is 497 g/mol. The van der Waals surface area contributed by atoms with E-state index in [-0.39, 0.29) is 17.8 Å². The van der Waals surface area contributed by atoms with Gasteiger partial charge < -0.3 is 5.11 Å². The van der Waals surface area contributed by atoms with Crippen LogP contribution in [-0.4, -0.2) is 36.6 Å². The normalized spacial score (nSPS) is 14.4. The molecule has 5 nitrogen and oxygen atoms in total. The number of sulfonamides is 1. The van der Waals surface area contributed by atoms with Crippen LogP contribution < -0.4 is 5.14 Å². The second-order valence-electron chi connectivity index (χ2n) is 8.77. The van der Waals surface area contributed by atoms with Gasteiger partial charge in [0.15, 0.2) is 0 Å². The van der Waals surface area contributed by atoms with Crippen molar-refractivity contribution in [1.82, 2.24) is 4.98 Å². The van der Waals surface area contributed by atoms with E-state index in [4.69, 9.17) is 5.14 Å². The van der Waals surface area contributed by atoms with Crippen LogP contribution in [0.5, 0.6) is 0 Å². The van der Waals surface area contributed by atoms with Crippen LogP contribution >= 0.6 is 23.1 Å². The van der Waals surface area contributed by atoms with E-state index in [0.717, 1.165) is 30.5 Å². The van der Waals surface area contributed by atoms with E-state index in [9.17, 15) is 13.5 Å². The minimum Gasteiger partial charge on any atom is -0.396 e. The Morgan fingerprint density at radius 3 is 2.57 bits per heavy atom. The molecule has 1 atom stereocenters. The van der Waals surface area contributed by atoms with Gasteiger partial charge in [0.25, 0.3) is 0 Å². The highest BCUT2D eigenvalue weighted by atomic mass is 32.2. The van der Waals surface area contributed by atoms with Gasteiger partial charge in [-0.2, -0.15) is 0 Å². The second kappa shape index (κ2) is 11.2. The number of thioether (sulfide) groups is 1. The number of aliphatic hydroxyl groups is 1. The first-order valence-electron chi connectivity index (χ1n) is 11.5. The van der Waals surface area contributed by atoms with Crippen molar-refractivity contribution < 1.29 is 13.5 Å². The number of pyridine rings is 1. The number of thiophene rings is 1. The first kappa shape index (κ1) is 25.9. The van der Waals surface area contributed by atoms with Crippen molar-refractivity contribution >= 4 is 43.2 Å². The van der Waals surface area contributed by atoms with Crippen molar-refractivity contribution in [3.8, 4) is 11.3 Å². The molecule has 8 heteroatoms. The minimum atomic E-state index is -3.13. The smallest absolute Gasteiger partial charge is 0.211 e. The minimum absolute atomic E-state index is 0.114. The zero-order chi connectivity index (χ0) is 25.0. The Bertz CT molecular complexity index is 1410. The maximum Gasteiger partial charge on any atom is 0.211 e. The first-order chi connectivity index (χ1) is 16.8. The van der Waals surface area contributed by atoms with Crippen LogP contribution in [0, 0.1) is 0 Å². The molecule has 4 aromatic rings. The number of hydrogen-bond donors (Lipinski definition) is 2. The summed E-state index contributed by atoms with van der Waals surface area (Å²) in [6, 6.07) is 21.5. The molecule has 1 aliphatic carbocycles. The molecule has 2 heterocycles. The molecule has 2 aromatic heterocycles. The molecule has 0 amide bonds. The van der Waals surface area contributed by atoms with Gasteiger partial charge >= 0.3 is 0 Å². The fourth-order valence-electron chi connectivity index (χ4n) is 3.84. The zero-order valence-corrected chi connectivity index (χ0v) is 22.3. The van der Waals surface area contributed by atoms with Crippen molar-refractivity contribution in [1.29, 1.82) is 0 Å². The molecule has 2 aromatic carbocycles. The molecule has 0 aliphatic heterocycles. The Kier molecular flexibility index (Phi) is 8.29. The fourth-order valence-corrected chi connectivity index (χ4v) is 6.46. The van der Waals surface area contributed by atoms with Gasteiger partial charge in [-0.3, -0.25) is 4.98 Å². The molecule has 5 rings (SSSR count). The van der Waals surface area contributed by atoms with Crippen LogP contribution in [0.25, 0.3) is 21.3 Å². The zero-order valence-electron chi connectivity index (χ0n) is 19.8. The van der Waals surface area contributed by atoms with Crippen LogP contribution in [0.2, 0.25) is 0 Å². The van der Waals surface area contributed by atoms with E-state index in [1.165, 1.54) is 31.0 Å². The highest BCUT2D eigenvalue weighted by Crippen LogP contribution is 2.36. The molecule has 1 unspecified atom stereocenters. The molecule has 0 radical (unpaired) electrons. The Labute approximate surface area is 215 Å². The van der Waals surface area contributed by atoms with Gasteiger partial charge in [-0.1, -0.05) is 43.3 Å². The van der Waals surface area contributed by atoms with Crippen molar-refractivity contribution in [2.24, 2.45) is 5.14 Å². The van der Waals surface area contributed by atoms with Crippen LogP contribution in [0.1, 0.15) is 41.7 Å². The quantitative estimate of drug-likeness (QED) is 0.297. The lowest BCUT2D eigenvalue weighted by Crippen LogP contribution is -2.16. The van der Waals surface area contributed by atoms with E-state index in [1.54, 1.807) is 11.8 Å². The van der Waals surface area contributed by atoms with E-state index in [2.05, 4.69) is 65.8 Å². The van der Waals surface area contributed by atoms with Crippen molar-refractivity contribution in [3.05, 3.63) is 82.9 Å². The van der Waals surface area contributed by atoms with Crippen LogP contribution in [0.3, 0.4) is 0 Å². The number of aromatic nitrogens is 1. The SMILES string of the molecule is CSc1ccccc1Cc1cc2cccc(-c3cc(C(C)CO)ccn3)c2s1.NS(=O)(=O)C1CC1. The summed E-state index contributed by atoms with van der Waals surface area (Å²) in [7, 11) is -3.13. The number of aliphatic hydroxyl groups excluding tert-OH is 1. The number of rotatable bonds is 7. The topological polar surface area (TPSA) is 93.3 Å². The van der Waals surface area contributed by atoms with Gasteiger partial charge in [-0.15, -0.1) is 23.1 Å². The van der Waals surface area contributed by atoms with Crippen molar-refractivity contribution in [2.75, 3.05) is 12.9 Å². The molecular formula is C27H30N2O3S3. The number of primary sulfonamides is 1. The highest BCUT2D eigenvalue weighted by Gasteiger charge is 2.32. The van der Waals surface area contributed by atoms with Gasteiger partial charge in [0.2, 0.25) is 10.0 Å². The summed E-state index contributed by atoms with van der Waals surface area (Å²) in [4.78, 5) is 7.32. The lowest BCUT2D eigenvalue weighted by molar-refractivity contribution is 0.273. The monoisotopic (exact) mass is 526 g/mol. The summed E-state index contributed by atoms with van der Waals surface area (Å²) in [5.41, 5.74) is 4.63. The number of hydrogen-bond acceptors (Lipinski definition) is 6. The maximum absolute atomic E-state index is 10.2. The third kappa shape index (κ3) is 6.51. The Balaban J connectivity index is 0.000000356. The number of fused-ring (bicyclic) bond motifs is 1. The summed E-state index contributed by atoms with van der Waals surface area (Å²) in [6.07, 6.45) is 6.45. The molecule has 184 valence electrons. The summed E-state index contributed by atoms with van der Waals surface area (Å²) >= 11 is 3.66. The van der Waals surface area contributed by atoms with E-state index in [0.29, 0.717) is 0 Å². The summed E-state index contributed by atoms with van der Waals surface area (Å²) in [5.74, 6) is 0.114. The largest absolute Gasteiger partial charge is 0.396 e. The third-order valence-electron chi connectivity index (χ3n) is 6.04. The molecule has 0 saturated heterocycles. The summed E-state index contributed by atoms with van der Waals surface area (Å²) in [6.45, 7) is 2.18. The van der Waals surface area contributed by atoms with Gasteiger partial charge in [-0.25, -0.2) is 13.6 Å². The van der Waals surface area contributed by atoms with Crippen molar-refractivity contribution in [2.45, 2.75) is 42.2 Å². The predicted octanol–water partition coefficient (Wildman–Crippen LogP) is 5.81. The highest BCUT2D eigenvalue weighted by molar-refractivity contribution is 7.98. The van der Waals surface area contributed by atoms with E-state index >= 15 is 0 Å². The van der Waals surface area contributed by atoms with Gasteiger partial charge in [-0.05, 0) is 59.9 Å². The van der Waals surface area contributed by atoms with Crippen molar-refractivity contribution in [3.63, 3.8) is 0 Å². The molecule has 1 fully saturated rings. The molecule has 1 aliphatic rings. The molecule has 35 heavy (non-hydrogen) atoms. The standard InChI is InChI=1S/C24H23NOS2.C3H7NO2S/c1-16(15-26)17-10-11-25-22(14-17)21-8-5-7-19-13-20(28-24(19)21)12-18-6-3-4-9-23(18)27-2;4-7(5,6)3-1-2-3/h3-11,13-14,16,26H,12,15H2,1-2H3;3H,1-2H2,(H2,4,5,6). The number of benzene rings is 2. The van der Waals surface area contributed by atoms with E-state index in [1.807, 2.05) is 30.5 Å². The average Bonchev–Trinajstić information content (AvgIpc) is 3.65. The average molecular weight is 527 g/mol. The second-order valence-corrected chi connectivity index (χ2v) is 12.6. The summed E-state index contributed by atoms with van der Waals surface area (Å²) in [5, 5.41) is 15.3. The molecule has 3 N–H and O–H groups in total. The maximum atomic E-state index is 10.2. The van der Waals surface area contributed by atoms with Gasteiger partial charge in [0.1, 0.15) is 0 Å². The fraction of sp³-hybridized carbons (Fsp3) is 0.296. The molecule has 0 bridgehead atoms. The van der Waals surface area contributed by atoms with Crippen LogP contribution in [0.15, 0.2) is 71.8 Å². The Hall–Kier alpha value is -2.23. The first-order valence-corrected chi connectivity index (χ1v) is 15.2. The Morgan fingerprint density at radius 1 is 1.14 bits per heavy atom. The van der Waals surface area contributed by atoms with Crippen LogP contribution in [0.4, 0.5) is 0 Å². The summed E-state index contributed by atoms with van der Waals surface area (Å²) < 4.78 is 21.6. The number of nitrogens with two attached hydrogens (primary N) is 1. The van der Waals surface area contributed by atoms with Crippen LogP contribution in [-0.2, 0) is 16.4 Å². The van der Waals surface area contributed by atoms with E-state index < -0.39 is 10.0 Å². The molecule has 1 saturated carbocycles. The van der Waals surface area contributed by atoms with Gasteiger partial charge in [0.05, 0.1) is 10.9 Å². The van der Waals surface area contributed by atoms with Gasteiger partial charge in [0, 0.05) is 45.2 Å². The lowest BCUT2D eigenvalue weighted by atomic mass is 10.0. The molecule has 0 spiro atoms. The predicted molar refractivity (Wildman–Crippen MR) is 148 cm³/mol.